The van der Waals surface area contributed by atoms with Crippen molar-refractivity contribution in [2.45, 2.75) is 44.1 Å². The van der Waals surface area contributed by atoms with Gasteiger partial charge in [-0.3, -0.25) is 9.52 Å². The topological polar surface area (TPSA) is 95.9 Å². The third-order valence-electron chi connectivity index (χ3n) is 5.14. The van der Waals surface area contributed by atoms with Gasteiger partial charge < -0.3 is 14.7 Å². The van der Waals surface area contributed by atoms with Crippen LogP contribution in [0.1, 0.15) is 30.9 Å². The van der Waals surface area contributed by atoms with Crippen molar-refractivity contribution in [2.24, 2.45) is 0 Å². The molecule has 0 unspecified atom stereocenters. The molecular weight excluding hydrogens is 404 g/mol. The Hall–Kier alpha value is -2.58. The van der Waals surface area contributed by atoms with Crippen LogP contribution < -0.4 is 9.46 Å². The maximum Gasteiger partial charge on any atom is 0.261 e. The van der Waals surface area contributed by atoms with E-state index in [1.54, 1.807) is 48.2 Å². The van der Waals surface area contributed by atoms with Gasteiger partial charge in [-0.05, 0) is 68.1 Å². The SMILES string of the molecule is CCOc1ccc(S(=O)(=O)Nc2ccc(CC(=O)N3CCC(O)CC3)cc2)cc1C. The first kappa shape index (κ1) is 22.1. The molecule has 3 rings (SSSR count). The summed E-state index contributed by atoms with van der Waals surface area (Å²) in [5.74, 6) is 0.675. The molecule has 2 aromatic carbocycles. The van der Waals surface area contributed by atoms with Crippen LogP contribution in [0.4, 0.5) is 5.69 Å². The Labute approximate surface area is 177 Å². The number of rotatable bonds is 7. The van der Waals surface area contributed by atoms with Gasteiger partial charge in [-0.25, -0.2) is 8.42 Å². The summed E-state index contributed by atoms with van der Waals surface area (Å²) in [6.07, 6.45) is 1.15. The van der Waals surface area contributed by atoms with Crippen LogP contribution >= 0.6 is 0 Å². The first-order valence-corrected chi connectivity index (χ1v) is 11.6. The fourth-order valence-corrected chi connectivity index (χ4v) is 4.56. The zero-order chi connectivity index (χ0) is 21.7. The summed E-state index contributed by atoms with van der Waals surface area (Å²) in [6, 6.07) is 11.6. The molecule has 30 heavy (non-hydrogen) atoms. The number of carbonyl (C=O) groups excluding carboxylic acids is 1. The van der Waals surface area contributed by atoms with Crippen molar-refractivity contribution in [3.63, 3.8) is 0 Å². The Kier molecular flexibility index (Phi) is 6.99. The summed E-state index contributed by atoms with van der Waals surface area (Å²) in [5, 5.41) is 9.56. The Morgan fingerprint density at radius 1 is 1.17 bits per heavy atom. The Balaban J connectivity index is 1.63. The van der Waals surface area contributed by atoms with Crippen molar-refractivity contribution in [2.75, 3.05) is 24.4 Å². The van der Waals surface area contributed by atoms with Crippen LogP contribution in [0.25, 0.3) is 0 Å². The van der Waals surface area contributed by atoms with E-state index in [1.807, 2.05) is 6.92 Å². The van der Waals surface area contributed by atoms with Gasteiger partial charge in [-0.2, -0.15) is 0 Å². The maximum absolute atomic E-state index is 12.7. The molecule has 0 radical (unpaired) electrons. The van der Waals surface area contributed by atoms with Crippen molar-refractivity contribution >= 4 is 21.6 Å². The Morgan fingerprint density at radius 2 is 1.83 bits per heavy atom. The number of likely N-dealkylation sites (tertiary alicyclic amines) is 1. The lowest BCUT2D eigenvalue weighted by atomic mass is 10.1. The summed E-state index contributed by atoms with van der Waals surface area (Å²) in [4.78, 5) is 14.3. The van der Waals surface area contributed by atoms with Crippen LogP contribution in [0.5, 0.6) is 5.75 Å². The third kappa shape index (κ3) is 5.52. The van der Waals surface area contributed by atoms with E-state index in [4.69, 9.17) is 4.74 Å². The molecule has 0 aliphatic carbocycles. The van der Waals surface area contributed by atoms with Crippen molar-refractivity contribution in [3.8, 4) is 5.75 Å². The Morgan fingerprint density at radius 3 is 2.43 bits per heavy atom. The second kappa shape index (κ2) is 9.49. The van der Waals surface area contributed by atoms with E-state index in [-0.39, 0.29) is 23.3 Å². The largest absolute Gasteiger partial charge is 0.494 e. The van der Waals surface area contributed by atoms with Crippen molar-refractivity contribution in [1.82, 2.24) is 4.90 Å². The minimum Gasteiger partial charge on any atom is -0.494 e. The molecular formula is C22H28N2O5S. The molecule has 1 aliphatic rings. The van der Waals surface area contributed by atoms with Crippen molar-refractivity contribution < 1.29 is 23.1 Å². The molecule has 7 nitrogen and oxygen atoms in total. The number of sulfonamides is 1. The predicted octanol–water partition coefficient (Wildman–Crippen LogP) is 2.72. The number of hydrogen-bond donors (Lipinski definition) is 2. The summed E-state index contributed by atoms with van der Waals surface area (Å²) in [7, 11) is -3.73. The van der Waals surface area contributed by atoms with E-state index >= 15 is 0 Å². The first-order chi connectivity index (χ1) is 14.3. The van der Waals surface area contributed by atoms with Gasteiger partial charge in [-0.15, -0.1) is 0 Å². The number of ether oxygens (including phenoxy) is 1. The van der Waals surface area contributed by atoms with Gasteiger partial charge in [-0.1, -0.05) is 12.1 Å². The molecule has 162 valence electrons. The van der Waals surface area contributed by atoms with Crippen LogP contribution in [0, 0.1) is 6.92 Å². The van der Waals surface area contributed by atoms with Crippen molar-refractivity contribution in [3.05, 3.63) is 53.6 Å². The number of aliphatic hydroxyl groups is 1. The molecule has 0 spiro atoms. The molecule has 2 N–H and O–H groups in total. The number of nitrogens with zero attached hydrogens (tertiary/aromatic N) is 1. The van der Waals surface area contributed by atoms with Crippen molar-refractivity contribution in [1.29, 1.82) is 0 Å². The quantitative estimate of drug-likeness (QED) is 0.701. The molecule has 1 aliphatic heterocycles. The van der Waals surface area contributed by atoms with E-state index < -0.39 is 10.0 Å². The van der Waals surface area contributed by atoms with Crippen LogP contribution in [-0.2, 0) is 21.2 Å². The van der Waals surface area contributed by atoms with Crippen LogP contribution in [0.3, 0.4) is 0 Å². The average Bonchev–Trinajstić information content (AvgIpc) is 2.71. The second-order valence-corrected chi connectivity index (χ2v) is 9.13. The molecule has 1 amide bonds. The van der Waals surface area contributed by atoms with Gasteiger partial charge in [0, 0.05) is 18.8 Å². The maximum atomic E-state index is 12.7. The number of nitrogens with one attached hydrogen (secondary N) is 1. The van der Waals surface area contributed by atoms with E-state index in [2.05, 4.69) is 4.72 Å². The highest BCUT2D eigenvalue weighted by Crippen LogP contribution is 2.24. The van der Waals surface area contributed by atoms with E-state index in [9.17, 15) is 18.3 Å². The molecule has 0 aromatic heterocycles. The lowest BCUT2D eigenvalue weighted by Gasteiger charge is -2.29. The monoisotopic (exact) mass is 432 g/mol. The first-order valence-electron chi connectivity index (χ1n) is 10.1. The van der Waals surface area contributed by atoms with Gasteiger partial charge in [0.15, 0.2) is 0 Å². The molecule has 0 saturated carbocycles. The van der Waals surface area contributed by atoms with E-state index in [0.29, 0.717) is 44.0 Å². The van der Waals surface area contributed by atoms with Gasteiger partial charge >= 0.3 is 0 Å². The number of aryl methyl sites for hydroxylation is 1. The zero-order valence-electron chi connectivity index (χ0n) is 17.3. The number of amides is 1. The van der Waals surface area contributed by atoms with Crippen LogP contribution in [0.2, 0.25) is 0 Å². The van der Waals surface area contributed by atoms with E-state index in [0.717, 1.165) is 11.1 Å². The predicted molar refractivity (Wildman–Crippen MR) is 115 cm³/mol. The highest BCUT2D eigenvalue weighted by Gasteiger charge is 2.21. The lowest BCUT2D eigenvalue weighted by Crippen LogP contribution is -2.40. The average molecular weight is 433 g/mol. The molecule has 1 heterocycles. The number of carbonyl (C=O) groups is 1. The number of aliphatic hydroxyl groups excluding tert-OH is 1. The normalized spacial score (nSPS) is 15.1. The highest BCUT2D eigenvalue weighted by atomic mass is 32.2. The van der Waals surface area contributed by atoms with Crippen LogP contribution in [-0.4, -0.2) is 50.1 Å². The third-order valence-corrected chi connectivity index (χ3v) is 6.51. The molecule has 0 bridgehead atoms. The minimum absolute atomic E-state index is 0.0140. The second-order valence-electron chi connectivity index (χ2n) is 7.45. The summed E-state index contributed by atoms with van der Waals surface area (Å²) in [5.41, 5.74) is 1.99. The van der Waals surface area contributed by atoms with Gasteiger partial charge in [0.2, 0.25) is 5.91 Å². The number of hydrogen-bond acceptors (Lipinski definition) is 5. The molecule has 1 fully saturated rings. The molecule has 0 atom stereocenters. The summed E-state index contributed by atoms with van der Waals surface area (Å²) >= 11 is 0. The summed E-state index contributed by atoms with van der Waals surface area (Å²) < 4.78 is 33.4. The number of piperidine rings is 1. The fraction of sp³-hybridized carbons (Fsp3) is 0.409. The highest BCUT2D eigenvalue weighted by molar-refractivity contribution is 7.92. The Bertz CT molecular complexity index is 981. The van der Waals surface area contributed by atoms with E-state index in [1.165, 1.54) is 6.07 Å². The van der Waals surface area contributed by atoms with Gasteiger partial charge in [0.25, 0.3) is 10.0 Å². The fourth-order valence-electron chi connectivity index (χ4n) is 3.41. The van der Waals surface area contributed by atoms with Crippen LogP contribution in [0.15, 0.2) is 47.4 Å². The lowest BCUT2D eigenvalue weighted by molar-refractivity contribution is -0.132. The minimum atomic E-state index is -3.73. The number of anilines is 1. The van der Waals surface area contributed by atoms with Gasteiger partial charge in [0.1, 0.15) is 5.75 Å². The summed E-state index contributed by atoms with van der Waals surface area (Å²) in [6.45, 7) is 5.33. The zero-order valence-corrected chi connectivity index (χ0v) is 18.1. The van der Waals surface area contributed by atoms with Gasteiger partial charge in [0.05, 0.1) is 24.0 Å². The molecule has 8 heteroatoms. The molecule has 1 saturated heterocycles. The molecule has 2 aromatic rings. The smallest absolute Gasteiger partial charge is 0.261 e. The standard InChI is InChI=1S/C22H28N2O5S/c1-3-29-21-9-8-20(14-16(21)2)30(27,28)23-18-6-4-17(5-7-18)15-22(26)24-12-10-19(25)11-13-24/h4-9,14,19,23,25H,3,10-13,15H2,1-2H3. The number of benzene rings is 2.